The zero-order chi connectivity index (χ0) is 13.7. The van der Waals surface area contributed by atoms with E-state index in [9.17, 15) is 0 Å². The number of ether oxygens (including phenoxy) is 2. The van der Waals surface area contributed by atoms with Gasteiger partial charge in [0, 0.05) is 27.7 Å². The molecule has 0 fully saturated rings. The lowest BCUT2D eigenvalue weighted by molar-refractivity contribution is -0.122. The van der Waals surface area contributed by atoms with Gasteiger partial charge in [0.1, 0.15) is 0 Å². The van der Waals surface area contributed by atoms with Gasteiger partial charge in [-0.15, -0.1) is 0 Å². The van der Waals surface area contributed by atoms with Crippen LogP contribution in [0.5, 0.6) is 0 Å². The number of rotatable bonds is 7. The van der Waals surface area contributed by atoms with E-state index >= 15 is 0 Å². The van der Waals surface area contributed by atoms with Crippen molar-refractivity contribution in [2.24, 2.45) is 12.9 Å². The van der Waals surface area contributed by atoms with Gasteiger partial charge in [-0.25, -0.2) is 0 Å². The molecule has 1 heterocycles. The number of aryl methyl sites for hydroxylation is 2. The highest BCUT2D eigenvalue weighted by Gasteiger charge is 2.23. The van der Waals surface area contributed by atoms with Gasteiger partial charge >= 0.3 is 0 Å². The van der Waals surface area contributed by atoms with Crippen LogP contribution in [0.2, 0.25) is 0 Å². The Morgan fingerprint density at radius 3 is 2.44 bits per heavy atom. The van der Waals surface area contributed by atoms with Crippen molar-refractivity contribution in [3.05, 3.63) is 15.9 Å². The zero-order valence-electron chi connectivity index (χ0n) is 11.2. The molecule has 0 aliphatic heterocycles. The molecule has 104 valence electrons. The van der Waals surface area contributed by atoms with Gasteiger partial charge < -0.3 is 9.47 Å². The van der Waals surface area contributed by atoms with Crippen molar-refractivity contribution in [1.29, 1.82) is 0 Å². The molecule has 0 saturated carbocycles. The van der Waals surface area contributed by atoms with Crippen LogP contribution < -0.4 is 11.3 Å². The quantitative estimate of drug-likeness (QED) is 0.440. The summed E-state index contributed by atoms with van der Waals surface area (Å²) >= 11 is 3.58. The Morgan fingerprint density at radius 2 is 2.06 bits per heavy atom. The lowest BCUT2D eigenvalue weighted by Gasteiger charge is -2.24. The first-order chi connectivity index (χ1) is 8.58. The number of methoxy groups -OCH3 is 2. The van der Waals surface area contributed by atoms with Crippen LogP contribution in [0.25, 0.3) is 0 Å². The topological polar surface area (TPSA) is 74.3 Å². The molecule has 7 heteroatoms. The zero-order valence-corrected chi connectivity index (χ0v) is 12.8. The van der Waals surface area contributed by atoms with Crippen molar-refractivity contribution in [2.45, 2.75) is 32.1 Å². The lowest BCUT2D eigenvalue weighted by atomic mass is 10.1. The Balaban J connectivity index is 2.91. The molecule has 1 rings (SSSR count). The van der Waals surface area contributed by atoms with E-state index in [2.05, 4.69) is 33.4 Å². The molecule has 0 bridgehead atoms. The number of halogens is 1. The van der Waals surface area contributed by atoms with E-state index < -0.39 is 6.29 Å². The second-order valence-corrected chi connectivity index (χ2v) is 4.79. The number of nitrogens with two attached hydrogens (primary N) is 1. The average Bonchev–Trinajstić information content (AvgIpc) is 2.65. The Hall–Kier alpha value is -0.470. The molecule has 18 heavy (non-hydrogen) atoms. The van der Waals surface area contributed by atoms with Crippen molar-refractivity contribution in [3.8, 4) is 0 Å². The molecule has 0 aromatic carbocycles. The average molecular weight is 321 g/mol. The molecule has 0 aliphatic rings. The number of hydrazine groups is 1. The summed E-state index contributed by atoms with van der Waals surface area (Å²) in [6.07, 6.45) is 1.14. The molecule has 0 saturated heterocycles. The second kappa shape index (κ2) is 7.20. The van der Waals surface area contributed by atoms with Gasteiger partial charge in [-0.2, -0.15) is 5.10 Å². The second-order valence-electron chi connectivity index (χ2n) is 4.00. The summed E-state index contributed by atoms with van der Waals surface area (Å²) in [5.74, 6) is 5.56. The Kier molecular flexibility index (Phi) is 6.24. The van der Waals surface area contributed by atoms with Crippen LogP contribution >= 0.6 is 15.9 Å². The summed E-state index contributed by atoms with van der Waals surface area (Å²) in [5.41, 5.74) is 4.82. The fraction of sp³-hybridized carbons (Fsp3) is 0.727. The molecular formula is C11H21BrN4O2. The minimum atomic E-state index is -0.401. The maximum Gasteiger partial charge on any atom is 0.173 e. The Labute approximate surface area is 116 Å². The first-order valence-corrected chi connectivity index (χ1v) is 6.60. The summed E-state index contributed by atoms with van der Waals surface area (Å²) in [4.78, 5) is 0. The van der Waals surface area contributed by atoms with Crippen LogP contribution in [0.15, 0.2) is 4.47 Å². The monoisotopic (exact) mass is 320 g/mol. The van der Waals surface area contributed by atoms with Gasteiger partial charge in [-0.05, 0) is 22.4 Å². The normalized spacial score (nSPS) is 13.3. The first kappa shape index (κ1) is 15.6. The first-order valence-electron chi connectivity index (χ1n) is 5.80. The molecule has 0 amide bonds. The van der Waals surface area contributed by atoms with Gasteiger partial charge in [0.25, 0.3) is 0 Å². The van der Waals surface area contributed by atoms with Crippen molar-refractivity contribution in [3.63, 3.8) is 0 Å². The molecule has 0 radical (unpaired) electrons. The maximum atomic E-state index is 5.56. The molecule has 0 aliphatic carbocycles. The Morgan fingerprint density at radius 1 is 1.44 bits per heavy atom. The predicted molar refractivity (Wildman–Crippen MR) is 72.9 cm³/mol. The number of hydrogen-bond donors (Lipinski definition) is 2. The van der Waals surface area contributed by atoms with E-state index in [-0.39, 0.29) is 6.04 Å². The number of aromatic nitrogens is 2. The van der Waals surface area contributed by atoms with Gasteiger partial charge in [-0.3, -0.25) is 16.0 Å². The third kappa shape index (κ3) is 3.30. The van der Waals surface area contributed by atoms with E-state index in [0.717, 1.165) is 22.3 Å². The lowest BCUT2D eigenvalue weighted by Crippen LogP contribution is -2.47. The fourth-order valence-electron chi connectivity index (χ4n) is 1.91. The van der Waals surface area contributed by atoms with Crippen LogP contribution in [-0.2, 0) is 29.4 Å². The molecule has 6 nitrogen and oxygen atoms in total. The number of hydrogen-bond acceptors (Lipinski definition) is 5. The van der Waals surface area contributed by atoms with Crippen LogP contribution in [-0.4, -0.2) is 36.3 Å². The third-order valence-electron chi connectivity index (χ3n) is 2.92. The molecule has 1 unspecified atom stereocenters. The van der Waals surface area contributed by atoms with Gasteiger partial charge in [0.15, 0.2) is 6.29 Å². The van der Waals surface area contributed by atoms with E-state index in [1.807, 2.05) is 11.7 Å². The molecule has 3 N–H and O–H groups in total. The minimum absolute atomic E-state index is 0.142. The van der Waals surface area contributed by atoms with E-state index in [0.29, 0.717) is 6.42 Å². The molecular weight excluding hydrogens is 300 g/mol. The standard InChI is InChI=1S/C11H21BrN4O2/c1-5-7-10(12)9(16(2)15-7)6-8(14-13)11(17-3)18-4/h8,11,14H,5-6,13H2,1-4H3. The summed E-state index contributed by atoms with van der Waals surface area (Å²) in [7, 11) is 5.10. The molecule has 0 spiro atoms. The summed E-state index contributed by atoms with van der Waals surface area (Å²) in [6, 6.07) is -0.142. The highest BCUT2D eigenvalue weighted by molar-refractivity contribution is 9.10. The van der Waals surface area contributed by atoms with Crippen LogP contribution in [0.4, 0.5) is 0 Å². The number of nitrogens with one attached hydrogen (secondary N) is 1. The highest BCUT2D eigenvalue weighted by atomic mass is 79.9. The Bertz CT molecular complexity index is 379. The van der Waals surface area contributed by atoms with E-state index in [4.69, 9.17) is 15.3 Å². The smallest absolute Gasteiger partial charge is 0.173 e. The van der Waals surface area contributed by atoms with Crippen molar-refractivity contribution in [1.82, 2.24) is 15.2 Å². The van der Waals surface area contributed by atoms with Crippen molar-refractivity contribution in [2.75, 3.05) is 14.2 Å². The number of nitrogens with zero attached hydrogens (tertiary/aromatic N) is 2. The van der Waals surface area contributed by atoms with Crippen molar-refractivity contribution < 1.29 is 9.47 Å². The summed E-state index contributed by atoms with van der Waals surface area (Å²) < 4.78 is 13.3. The maximum absolute atomic E-state index is 5.56. The van der Waals surface area contributed by atoms with E-state index in [1.54, 1.807) is 14.2 Å². The SMILES string of the molecule is CCc1nn(C)c(CC(NN)C(OC)OC)c1Br. The van der Waals surface area contributed by atoms with Gasteiger partial charge in [0.2, 0.25) is 0 Å². The minimum Gasteiger partial charge on any atom is -0.354 e. The fourth-order valence-corrected chi connectivity index (χ4v) is 2.69. The molecule has 1 atom stereocenters. The predicted octanol–water partition coefficient (Wildman–Crippen LogP) is 0.738. The van der Waals surface area contributed by atoms with Crippen LogP contribution in [0.3, 0.4) is 0 Å². The van der Waals surface area contributed by atoms with Gasteiger partial charge in [-0.1, -0.05) is 6.92 Å². The van der Waals surface area contributed by atoms with Crippen LogP contribution in [0, 0.1) is 0 Å². The van der Waals surface area contributed by atoms with Gasteiger partial charge in [0.05, 0.1) is 21.9 Å². The summed E-state index contributed by atoms with van der Waals surface area (Å²) in [5, 5.41) is 4.45. The largest absolute Gasteiger partial charge is 0.354 e. The molecule has 1 aromatic rings. The van der Waals surface area contributed by atoms with Crippen LogP contribution in [0.1, 0.15) is 18.3 Å². The van der Waals surface area contributed by atoms with Crippen molar-refractivity contribution >= 4 is 15.9 Å². The summed E-state index contributed by atoms with van der Waals surface area (Å²) in [6.45, 7) is 2.07. The molecule has 1 aromatic heterocycles. The highest BCUT2D eigenvalue weighted by Crippen LogP contribution is 2.23. The van der Waals surface area contributed by atoms with E-state index in [1.165, 1.54) is 0 Å². The third-order valence-corrected chi connectivity index (χ3v) is 3.84.